The number of H-pyrrole nitrogens is 1. The summed E-state index contributed by atoms with van der Waals surface area (Å²) in [5.41, 5.74) is 1.01. The molecule has 2 heterocycles. The molecule has 8 heteroatoms. The lowest BCUT2D eigenvalue weighted by atomic mass is 10.3. The molecule has 0 unspecified atom stereocenters. The molecule has 0 aliphatic carbocycles. The Bertz CT molecular complexity index is 757. The number of ether oxygens (including phenoxy) is 1. The van der Waals surface area contributed by atoms with Gasteiger partial charge in [-0.2, -0.15) is 0 Å². The van der Waals surface area contributed by atoms with Gasteiger partial charge in [-0.05, 0) is 24.3 Å². The molecule has 1 aromatic carbocycles. The van der Waals surface area contributed by atoms with E-state index in [-0.39, 0.29) is 0 Å². The van der Waals surface area contributed by atoms with E-state index in [4.69, 9.17) is 16.3 Å². The van der Waals surface area contributed by atoms with E-state index in [2.05, 4.69) is 20.2 Å². The van der Waals surface area contributed by atoms with Crippen LogP contribution in [0.25, 0.3) is 0 Å². The second kappa shape index (κ2) is 7.81. The minimum absolute atomic E-state index is 0.456. The molecule has 0 saturated heterocycles. The van der Waals surface area contributed by atoms with Crippen LogP contribution in [0.1, 0.15) is 23.4 Å². The molecule has 2 aromatic heterocycles. The summed E-state index contributed by atoms with van der Waals surface area (Å²) >= 11 is 9.01. The van der Waals surface area contributed by atoms with Crippen molar-refractivity contribution >= 4 is 34.7 Å². The fourth-order valence-corrected chi connectivity index (χ4v) is 3.44. The predicted molar refractivity (Wildman–Crippen MR) is 93.2 cm³/mol. The molecule has 1 N–H and O–H groups in total. The monoisotopic (exact) mass is 366 g/mol. The highest BCUT2D eigenvalue weighted by molar-refractivity contribution is 7.98. The maximum absolute atomic E-state index is 5.85. The maximum atomic E-state index is 5.85. The molecular weight excluding hydrogens is 352 g/mol. The third-order valence-electron chi connectivity index (χ3n) is 2.97. The second-order valence-corrected chi connectivity index (χ2v) is 7.00. The van der Waals surface area contributed by atoms with Gasteiger partial charge in [-0.1, -0.05) is 30.3 Å². The smallest absolute Gasteiger partial charge is 0.208 e. The number of aromatic nitrogens is 4. The van der Waals surface area contributed by atoms with E-state index in [9.17, 15) is 0 Å². The molecule has 0 aliphatic rings. The Balaban J connectivity index is 1.50. The Labute approximate surface area is 147 Å². The lowest BCUT2D eigenvalue weighted by molar-refractivity contribution is 0.305. The number of aromatic amines is 1. The molecule has 3 aromatic rings. The topological polar surface area (TPSA) is 63.7 Å². The summed E-state index contributed by atoms with van der Waals surface area (Å²) in [5.74, 6) is 2.44. The predicted octanol–water partition coefficient (Wildman–Crippen LogP) is 4.35. The summed E-state index contributed by atoms with van der Waals surface area (Å²) in [7, 11) is 0. The van der Waals surface area contributed by atoms with Crippen LogP contribution in [-0.2, 0) is 18.8 Å². The van der Waals surface area contributed by atoms with Crippen molar-refractivity contribution in [1.82, 2.24) is 20.2 Å². The van der Waals surface area contributed by atoms with Gasteiger partial charge in [0.1, 0.15) is 23.2 Å². The Kier molecular flexibility index (Phi) is 5.53. The molecule has 5 nitrogen and oxygen atoms in total. The standard InChI is InChI=1S/C15H15ClN4OS2/c1-2-13-18-15(20-19-13)23-9-11-8-22-14(17-11)7-21-12-5-3-10(16)4-6-12/h3-6,8H,2,7,9H2,1H3,(H,18,19,20). The summed E-state index contributed by atoms with van der Waals surface area (Å²) in [6.07, 6.45) is 0.858. The van der Waals surface area contributed by atoms with Crippen molar-refractivity contribution in [3.8, 4) is 5.75 Å². The summed E-state index contributed by atoms with van der Waals surface area (Å²) in [4.78, 5) is 8.94. The third kappa shape index (κ3) is 4.70. The Morgan fingerprint density at radius 3 is 2.83 bits per heavy atom. The van der Waals surface area contributed by atoms with E-state index in [0.29, 0.717) is 11.6 Å². The van der Waals surface area contributed by atoms with Gasteiger partial charge >= 0.3 is 0 Å². The normalized spacial score (nSPS) is 10.9. The second-order valence-electron chi connectivity index (χ2n) is 4.68. The highest BCUT2D eigenvalue weighted by atomic mass is 35.5. The number of benzene rings is 1. The zero-order valence-corrected chi connectivity index (χ0v) is 14.8. The van der Waals surface area contributed by atoms with Crippen LogP contribution in [0.15, 0.2) is 34.8 Å². The van der Waals surface area contributed by atoms with Crippen molar-refractivity contribution in [3.05, 3.63) is 51.2 Å². The summed E-state index contributed by atoms with van der Waals surface area (Å²) in [6.45, 7) is 2.50. The van der Waals surface area contributed by atoms with Gasteiger partial charge in [0.05, 0.1) is 5.69 Å². The van der Waals surface area contributed by atoms with Crippen LogP contribution in [0.3, 0.4) is 0 Å². The van der Waals surface area contributed by atoms with Crippen LogP contribution in [-0.4, -0.2) is 20.2 Å². The maximum Gasteiger partial charge on any atom is 0.208 e. The number of nitrogens with zero attached hydrogens (tertiary/aromatic N) is 3. The van der Waals surface area contributed by atoms with Gasteiger partial charge in [0.25, 0.3) is 0 Å². The van der Waals surface area contributed by atoms with E-state index in [1.165, 1.54) is 0 Å². The molecule has 0 spiro atoms. The first-order chi connectivity index (χ1) is 11.2. The highest BCUT2D eigenvalue weighted by Gasteiger charge is 2.07. The van der Waals surface area contributed by atoms with Crippen LogP contribution in [0.4, 0.5) is 0 Å². The molecule has 0 saturated carbocycles. The van der Waals surface area contributed by atoms with Gasteiger partial charge in [0, 0.05) is 22.6 Å². The number of nitrogens with one attached hydrogen (secondary N) is 1. The average molecular weight is 367 g/mol. The first kappa shape index (κ1) is 16.3. The molecular formula is C15H15ClN4OS2. The van der Waals surface area contributed by atoms with Crippen molar-refractivity contribution in [2.45, 2.75) is 30.9 Å². The molecule has 0 radical (unpaired) electrons. The number of thioether (sulfide) groups is 1. The minimum atomic E-state index is 0.456. The average Bonchev–Trinajstić information content (AvgIpc) is 3.21. The van der Waals surface area contributed by atoms with Crippen molar-refractivity contribution in [2.24, 2.45) is 0 Å². The van der Waals surface area contributed by atoms with E-state index in [0.717, 1.165) is 39.6 Å². The molecule has 0 fully saturated rings. The first-order valence-corrected chi connectivity index (χ1v) is 9.33. The van der Waals surface area contributed by atoms with Crippen LogP contribution in [0.5, 0.6) is 5.75 Å². The number of halogens is 1. The molecule has 0 amide bonds. The quantitative estimate of drug-likeness (QED) is 0.630. The van der Waals surface area contributed by atoms with Crippen molar-refractivity contribution in [2.75, 3.05) is 0 Å². The van der Waals surface area contributed by atoms with Crippen LogP contribution >= 0.6 is 34.7 Å². The Morgan fingerprint density at radius 2 is 2.09 bits per heavy atom. The van der Waals surface area contributed by atoms with Gasteiger partial charge in [-0.25, -0.2) is 9.97 Å². The molecule has 120 valence electrons. The van der Waals surface area contributed by atoms with E-state index in [1.807, 2.05) is 36.6 Å². The van der Waals surface area contributed by atoms with E-state index < -0.39 is 0 Å². The Hall–Kier alpha value is -1.57. The van der Waals surface area contributed by atoms with Crippen molar-refractivity contribution in [3.63, 3.8) is 0 Å². The van der Waals surface area contributed by atoms with Crippen molar-refractivity contribution < 1.29 is 4.74 Å². The highest BCUT2D eigenvalue weighted by Crippen LogP contribution is 2.22. The van der Waals surface area contributed by atoms with Crippen molar-refractivity contribution in [1.29, 1.82) is 0 Å². The lowest BCUT2D eigenvalue weighted by Gasteiger charge is -2.03. The van der Waals surface area contributed by atoms with Gasteiger partial charge in [-0.15, -0.1) is 16.4 Å². The number of rotatable bonds is 7. The molecule has 0 atom stereocenters. The molecule has 3 rings (SSSR count). The van der Waals surface area contributed by atoms with Gasteiger partial charge in [0.2, 0.25) is 5.16 Å². The van der Waals surface area contributed by atoms with Gasteiger partial charge < -0.3 is 4.74 Å². The summed E-state index contributed by atoms with van der Waals surface area (Å²) < 4.78 is 5.69. The fourth-order valence-electron chi connectivity index (χ4n) is 1.80. The summed E-state index contributed by atoms with van der Waals surface area (Å²) in [6, 6.07) is 7.31. The van der Waals surface area contributed by atoms with Crippen LogP contribution in [0, 0.1) is 0 Å². The number of hydrogen-bond acceptors (Lipinski definition) is 6. The zero-order valence-electron chi connectivity index (χ0n) is 12.5. The number of hydrogen-bond donors (Lipinski definition) is 1. The largest absolute Gasteiger partial charge is 0.486 e. The Morgan fingerprint density at radius 1 is 1.26 bits per heavy atom. The summed E-state index contributed by atoms with van der Waals surface area (Å²) in [5, 5.41) is 11.5. The van der Waals surface area contributed by atoms with Crippen LogP contribution < -0.4 is 4.74 Å². The number of thiazole rings is 1. The third-order valence-corrected chi connectivity index (χ3v) is 4.97. The zero-order chi connectivity index (χ0) is 16.1. The SMILES string of the molecule is CCc1nc(SCc2csc(COc3ccc(Cl)cc3)n2)n[nH]1. The van der Waals surface area contributed by atoms with E-state index >= 15 is 0 Å². The first-order valence-electron chi connectivity index (χ1n) is 7.08. The fraction of sp³-hybridized carbons (Fsp3) is 0.267. The molecule has 0 aliphatic heterocycles. The number of aryl methyl sites for hydroxylation is 1. The van der Waals surface area contributed by atoms with Gasteiger partial charge in [-0.3, -0.25) is 5.10 Å². The minimum Gasteiger partial charge on any atom is -0.486 e. The molecule has 23 heavy (non-hydrogen) atoms. The molecule has 0 bridgehead atoms. The van der Waals surface area contributed by atoms with Crippen LogP contribution in [0.2, 0.25) is 5.02 Å². The van der Waals surface area contributed by atoms with Gasteiger partial charge in [0.15, 0.2) is 0 Å². The van der Waals surface area contributed by atoms with E-state index in [1.54, 1.807) is 23.1 Å². The lowest BCUT2D eigenvalue weighted by Crippen LogP contribution is -1.95.